The standard InChI is InChI=1S/C11H13F3N6OS/c1-2-18-3-5-19(6-4-18)8(21)7-17-20-9(11(12,13)14)15-16-10(20)22-7/h2-6H2,1H3. The van der Waals surface area contributed by atoms with Crippen molar-refractivity contribution in [2.24, 2.45) is 0 Å². The van der Waals surface area contributed by atoms with E-state index in [-0.39, 0.29) is 15.9 Å². The summed E-state index contributed by atoms with van der Waals surface area (Å²) in [6.07, 6.45) is -4.65. The second-order valence-corrected chi connectivity index (χ2v) is 5.81. The molecule has 1 aliphatic rings. The average molecular weight is 334 g/mol. The smallest absolute Gasteiger partial charge is 0.334 e. The van der Waals surface area contributed by atoms with Crippen LogP contribution in [0, 0.1) is 0 Å². The van der Waals surface area contributed by atoms with Gasteiger partial charge in [-0.25, -0.2) is 0 Å². The first kappa shape index (κ1) is 15.2. The largest absolute Gasteiger partial charge is 0.453 e. The molecule has 1 amide bonds. The van der Waals surface area contributed by atoms with Crippen molar-refractivity contribution in [1.29, 1.82) is 0 Å². The Kier molecular flexibility index (Phi) is 3.77. The summed E-state index contributed by atoms with van der Waals surface area (Å²) in [7, 11) is 0. The summed E-state index contributed by atoms with van der Waals surface area (Å²) in [5, 5.41) is 10.2. The molecule has 120 valence electrons. The van der Waals surface area contributed by atoms with Crippen LogP contribution < -0.4 is 0 Å². The predicted octanol–water partition coefficient (Wildman–Crippen LogP) is 0.982. The van der Waals surface area contributed by atoms with E-state index in [9.17, 15) is 18.0 Å². The fraction of sp³-hybridized carbons (Fsp3) is 0.636. The summed E-state index contributed by atoms with van der Waals surface area (Å²) < 4.78 is 38.8. The topological polar surface area (TPSA) is 66.6 Å². The third kappa shape index (κ3) is 2.65. The highest BCUT2D eigenvalue weighted by Crippen LogP contribution is 2.29. The van der Waals surface area contributed by atoms with Crippen LogP contribution in [0.4, 0.5) is 13.2 Å². The molecule has 3 heterocycles. The highest BCUT2D eigenvalue weighted by molar-refractivity contribution is 7.18. The number of nitrogens with zero attached hydrogens (tertiary/aromatic N) is 6. The minimum atomic E-state index is -4.65. The highest BCUT2D eigenvalue weighted by atomic mass is 32.1. The van der Waals surface area contributed by atoms with Crippen molar-refractivity contribution in [1.82, 2.24) is 29.6 Å². The summed E-state index contributed by atoms with van der Waals surface area (Å²) >= 11 is 0.816. The lowest BCUT2D eigenvalue weighted by Gasteiger charge is -2.33. The average Bonchev–Trinajstić information content (AvgIpc) is 3.05. The normalized spacial score (nSPS) is 17.4. The molecule has 2 aromatic heterocycles. The molecule has 0 atom stereocenters. The first-order valence-corrected chi connectivity index (χ1v) is 7.53. The summed E-state index contributed by atoms with van der Waals surface area (Å²) in [5.41, 5.74) is 0. The first-order chi connectivity index (χ1) is 10.4. The highest BCUT2D eigenvalue weighted by Gasteiger charge is 2.39. The number of likely N-dealkylation sites (N-methyl/N-ethyl adjacent to an activating group) is 1. The number of hydrogen-bond acceptors (Lipinski definition) is 6. The number of rotatable bonds is 2. The summed E-state index contributed by atoms with van der Waals surface area (Å²) in [6, 6.07) is 0. The zero-order valence-electron chi connectivity index (χ0n) is 11.7. The fourth-order valence-corrected chi connectivity index (χ4v) is 3.09. The van der Waals surface area contributed by atoms with Gasteiger partial charge in [0.1, 0.15) is 0 Å². The first-order valence-electron chi connectivity index (χ1n) is 6.71. The molecule has 1 aliphatic heterocycles. The molecule has 0 aromatic carbocycles. The van der Waals surface area contributed by atoms with Crippen molar-refractivity contribution < 1.29 is 18.0 Å². The molecule has 0 bridgehead atoms. The van der Waals surface area contributed by atoms with Gasteiger partial charge in [0.15, 0.2) is 0 Å². The van der Waals surface area contributed by atoms with Gasteiger partial charge in [-0.2, -0.15) is 17.7 Å². The number of alkyl halides is 3. The van der Waals surface area contributed by atoms with Crippen LogP contribution in [0.15, 0.2) is 0 Å². The van der Waals surface area contributed by atoms with Crippen molar-refractivity contribution >= 4 is 22.2 Å². The van der Waals surface area contributed by atoms with Gasteiger partial charge >= 0.3 is 6.18 Å². The maximum Gasteiger partial charge on any atom is 0.453 e. The molecular weight excluding hydrogens is 321 g/mol. The Morgan fingerprint density at radius 3 is 2.50 bits per heavy atom. The van der Waals surface area contributed by atoms with Gasteiger partial charge in [-0.1, -0.05) is 18.3 Å². The molecule has 0 spiro atoms. The van der Waals surface area contributed by atoms with E-state index in [0.717, 1.165) is 31.0 Å². The van der Waals surface area contributed by atoms with E-state index in [1.54, 1.807) is 4.90 Å². The molecular formula is C11H13F3N6OS. The maximum atomic E-state index is 12.7. The molecule has 1 fully saturated rings. The molecule has 22 heavy (non-hydrogen) atoms. The van der Waals surface area contributed by atoms with Gasteiger partial charge in [-0.15, -0.1) is 15.3 Å². The number of carbonyl (C=O) groups excluding carboxylic acids is 1. The maximum absolute atomic E-state index is 12.7. The Balaban J connectivity index is 1.82. The third-order valence-corrected chi connectivity index (χ3v) is 4.42. The molecule has 3 rings (SSSR count). The van der Waals surface area contributed by atoms with Gasteiger partial charge in [0, 0.05) is 26.2 Å². The van der Waals surface area contributed by atoms with Gasteiger partial charge in [0.05, 0.1) is 0 Å². The van der Waals surface area contributed by atoms with Crippen molar-refractivity contribution in [2.75, 3.05) is 32.7 Å². The van der Waals surface area contributed by atoms with E-state index in [4.69, 9.17) is 0 Å². The van der Waals surface area contributed by atoms with E-state index < -0.39 is 12.0 Å². The van der Waals surface area contributed by atoms with E-state index in [0.29, 0.717) is 17.6 Å². The molecule has 0 unspecified atom stereocenters. The van der Waals surface area contributed by atoms with Crippen LogP contribution >= 0.6 is 11.3 Å². The lowest BCUT2D eigenvalue weighted by molar-refractivity contribution is -0.146. The van der Waals surface area contributed by atoms with Gasteiger partial charge in [0.25, 0.3) is 11.7 Å². The van der Waals surface area contributed by atoms with Crippen LogP contribution in [-0.2, 0) is 6.18 Å². The molecule has 11 heteroatoms. The van der Waals surface area contributed by atoms with Gasteiger partial charge < -0.3 is 9.80 Å². The van der Waals surface area contributed by atoms with E-state index in [1.807, 2.05) is 6.92 Å². The van der Waals surface area contributed by atoms with Gasteiger partial charge in [-0.3, -0.25) is 4.79 Å². The summed E-state index contributed by atoms with van der Waals surface area (Å²) in [4.78, 5) is 16.1. The van der Waals surface area contributed by atoms with Crippen molar-refractivity contribution in [3.8, 4) is 0 Å². The van der Waals surface area contributed by atoms with E-state index in [1.165, 1.54) is 0 Å². The number of halogens is 3. The Labute approximate surface area is 127 Å². The summed E-state index contributed by atoms with van der Waals surface area (Å²) in [5.74, 6) is -1.58. The number of aromatic nitrogens is 4. The van der Waals surface area contributed by atoms with Crippen molar-refractivity contribution in [2.45, 2.75) is 13.1 Å². The van der Waals surface area contributed by atoms with Crippen LogP contribution in [0.2, 0.25) is 0 Å². The second-order valence-electron chi connectivity index (χ2n) is 4.85. The predicted molar refractivity (Wildman–Crippen MR) is 71.7 cm³/mol. The molecule has 7 nitrogen and oxygen atoms in total. The Hall–Kier alpha value is -1.75. The van der Waals surface area contributed by atoms with Crippen LogP contribution in [-0.4, -0.2) is 68.2 Å². The van der Waals surface area contributed by atoms with Gasteiger partial charge in [0.2, 0.25) is 9.97 Å². The zero-order chi connectivity index (χ0) is 15.9. The Morgan fingerprint density at radius 2 is 1.91 bits per heavy atom. The van der Waals surface area contributed by atoms with Crippen LogP contribution in [0.25, 0.3) is 4.96 Å². The number of piperazine rings is 1. The van der Waals surface area contributed by atoms with Crippen molar-refractivity contribution in [3.63, 3.8) is 0 Å². The van der Waals surface area contributed by atoms with E-state index in [2.05, 4.69) is 20.2 Å². The minimum absolute atomic E-state index is 0.000323. The second kappa shape index (κ2) is 5.47. The Bertz CT molecular complexity index is 688. The van der Waals surface area contributed by atoms with Crippen molar-refractivity contribution in [3.05, 3.63) is 10.8 Å². The minimum Gasteiger partial charge on any atom is -0.334 e. The molecule has 0 N–H and O–H groups in total. The summed E-state index contributed by atoms with van der Waals surface area (Å²) in [6.45, 7) is 5.53. The SMILES string of the molecule is CCN1CCN(C(=O)c2nn3c(C(F)(F)F)nnc3s2)CC1. The Morgan fingerprint density at radius 1 is 1.23 bits per heavy atom. The van der Waals surface area contributed by atoms with Gasteiger partial charge in [-0.05, 0) is 6.54 Å². The lowest BCUT2D eigenvalue weighted by Crippen LogP contribution is -2.48. The third-order valence-electron chi connectivity index (χ3n) is 3.53. The van der Waals surface area contributed by atoms with Crippen LogP contribution in [0.3, 0.4) is 0 Å². The quantitative estimate of drug-likeness (QED) is 0.819. The molecule has 0 radical (unpaired) electrons. The monoisotopic (exact) mass is 334 g/mol. The zero-order valence-corrected chi connectivity index (χ0v) is 12.5. The number of carbonyl (C=O) groups is 1. The molecule has 1 saturated heterocycles. The molecule has 0 aliphatic carbocycles. The fourth-order valence-electron chi connectivity index (χ4n) is 2.28. The number of hydrogen-bond donors (Lipinski definition) is 0. The van der Waals surface area contributed by atoms with Crippen LogP contribution in [0.5, 0.6) is 0 Å². The van der Waals surface area contributed by atoms with Crippen LogP contribution in [0.1, 0.15) is 22.6 Å². The van der Waals surface area contributed by atoms with E-state index >= 15 is 0 Å². The molecule has 0 saturated carbocycles. The molecule has 2 aromatic rings. The number of amides is 1. The lowest BCUT2D eigenvalue weighted by atomic mass is 10.3. The number of fused-ring (bicyclic) bond motifs is 1.